The fraction of sp³-hybridized carbons (Fsp3) is 0.750. The van der Waals surface area contributed by atoms with Crippen LogP contribution in [0.4, 0.5) is 0 Å². The number of hydrogen-bond donors (Lipinski definition) is 2. The molecular formula is C8H17N3O. The molecule has 0 aromatic rings. The molecule has 1 aliphatic heterocycles. The van der Waals surface area contributed by atoms with Crippen LogP contribution in [0.1, 0.15) is 6.42 Å². The van der Waals surface area contributed by atoms with Crippen molar-refractivity contribution in [3.8, 4) is 0 Å². The van der Waals surface area contributed by atoms with Crippen molar-refractivity contribution >= 4 is 0 Å². The van der Waals surface area contributed by atoms with Crippen molar-refractivity contribution in [3.05, 3.63) is 12.3 Å². The van der Waals surface area contributed by atoms with E-state index in [1.54, 1.807) is 0 Å². The highest BCUT2D eigenvalue weighted by Crippen LogP contribution is 1.94. The number of piperazine rings is 1. The molecule has 4 nitrogen and oxygen atoms in total. The molecule has 1 fully saturated rings. The van der Waals surface area contributed by atoms with E-state index in [0.717, 1.165) is 39.1 Å². The summed E-state index contributed by atoms with van der Waals surface area (Å²) in [6.07, 6.45) is 4.49. The minimum Gasteiger partial charge on any atom is -0.420 e. The van der Waals surface area contributed by atoms with Crippen LogP contribution in [0, 0.1) is 0 Å². The van der Waals surface area contributed by atoms with Crippen LogP contribution in [-0.4, -0.2) is 37.6 Å². The maximum Gasteiger partial charge on any atom is 0.107 e. The molecule has 1 aliphatic rings. The van der Waals surface area contributed by atoms with Gasteiger partial charge in [0.1, 0.15) is 6.26 Å². The third kappa shape index (κ3) is 3.71. The Morgan fingerprint density at radius 1 is 1.42 bits per heavy atom. The normalized spacial score (nSPS) is 20.1. The number of rotatable bonds is 4. The first-order valence-electron chi connectivity index (χ1n) is 4.37. The number of nitrogens with two attached hydrogens (primary N) is 1. The van der Waals surface area contributed by atoms with Gasteiger partial charge in [0, 0.05) is 32.7 Å². The quantitative estimate of drug-likeness (QED) is 0.450. The molecule has 1 heterocycles. The van der Waals surface area contributed by atoms with Crippen molar-refractivity contribution in [2.45, 2.75) is 6.42 Å². The van der Waals surface area contributed by atoms with Gasteiger partial charge < -0.3 is 15.1 Å². The first-order valence-corrected chi connectivity index (χ1v) is 4.37. The Labute approximate surface area is 73.3 Å². The minimum atomic E-state index is 1.01. The van der Waals surface area contributed by atoms with Gasteiger partial charge in [0.25, 0.3) is 0 Å². The van der Waals surface area contributed by atoms with Crippen molar-refractivity contribution < 1.29 is 4.84 Å². The molecular weight excluding hydrogens is 154 g/mol. The number of nitrogens with zero attached hydrogens (tertiary/aromatic N) is 1. The maximum atomic E-state index is 4.84. The zero-order chi connectivity index (χ0) is 8.65. The van der Waals surface area contributed by atoms with Gasteiger partial charge in [-0.15, -0.1) is 0 Å². The summed E-state index contributed by atoms with van der Waals surface area (Å²) in [5, 5.41) is 3.31. The van der Waals surface area contributed by atoms with E-state index in [4.69, 9.17) is 5.90 Å². The molecule has 0 atom stereocenters. The third-order valence-corrected chi connectivity index (χ3v) is 2.00. The second-order valence-electron chi connectivity index (χ2n) is 2.89. The molecule has 12 heavy (non-hydrogen) atoms. The van der Waals surface area contributed by atoms with E-state index in [2.05, 4.69) is 15.1 Å². The Morgan fingerprint density at radius 3 is 2.83 bits per heavy atom. The predicted molar refractivity (Wildman–Crippen MR) is 48.3 cm³/mol. The summed E-state index contributed by atoms with van der Waals surface area (Å²) in [7, 11) is 0. The van der Waals surface area contributed by atoms with Gasteiger partial charge in [-0.05, 0) is 12.5 Å². The van der Waals surface area contributed by atoms with E-state index in [0.29, 0.717) is 0 Å². The lowest BCUT2D eigenvalue weighted by Crippen LogP contribution is -2.43. The summed E-state index contributed by atoms with van der Waals surface area (Å²) in [5.41, 5.74) is 0. The van der Waals surface area contributed by atoms with Crippen LogP contribution in [-0.2, 0) is 4.84 Å². The van der Waals surface area contributed by atoms with Crippen LogP contribution in [0.5, 0.6) is 0 Å². The molecule has 1 rings (SSSR count). The van der Waals surface area contributed by atoms with Crippen LogP contribution >= 0.6 is 0 Å². The Balaban J connectivity index is 2.01. The largest absolute Gasteiger partial charge is 0.420 e. The van der Waals surface area contributed by atoms with Gasteiger partial charge in [0.05, 0.1) is 0 Å². The highest BCUT2D eigenvalue weighted by atomic mass is 16.6. The Bertz CT molecular complexity index is 132. The van der Waals surface area contributed by atoms with E-state index in [1.807, 2.05) is 6.08 Å². The van der Waals surface area contributed by atoms with Crippen LogP contribution in [0.25, 0.3) is 0 Å². The lowest BCUT2D eigenvalue weighted by molar-refractivity contribution is 0.240. The van der Waals surface area contributed by atoms with Gasteiger partial charge in [-0.1, -0.05) is 0 Å². The van der Waals surface area contributed by atoms with Gasteiger partial charge >= 0.3 is 0 Å². The summed E-state index contributed by atoms with van der Waals surface area (Å²) in [6, 6.07) is 0. The zero-order valence-electron chi connectivity index (χ0n) is 7.33. The predicted octanol–water partition coefficient (Wildman–Crippen LogP) is -0.314. The monoisotopic (exact) mass is 171 g/mol. The fourth-order valence-corrected chi connectivity index (χ4v) is 1.32. The number of hydrogen-bond acceptors (Lipinski definition) is 4. The lowest BCUT2D eigenvalue weighted by Gasteiger charge is -2.26. The van der Waals surface area contributed by atoms with Gasteiger partial charge in [-0.3, -0.25) is 0 Å². The molecule has 0 radical (unpaired) electrons. The second kappa shape index (κ2) is 5.99. The van der Waals surface area contributed by atoms with Gasteiger partial charge in [-0.2, -0.15) is 5.90 Å². The molecule has 0 aliphatic carbocycles. The average molecular weight is 171 g/mol. The molecule has 0 amide bonds. The molecule has 0 bridgehead atoms. The second-order valence-corrected chi connectivity index (χ2v) is 2.89. The summed E-state index contributed by atoms with van der Waals surface area (Å²) < 4.78 is 0. The van der Waals surface area contributed by atoms with E-state index in [-0.39, 0.29) is 0 Å². The van der Waals surface area contributed by atoms with Crippen molar-refractivity contribution in [2.24, 2.45) is 5.90 Å². The Morgan fingerprint density at radius 2 is 2.17 bits per heavy atom. The molecule has 3 N–H and O–H groups in total. The first kappa shape index (κ1) is 9.51. The Hall–Kier alpha value is -0.580. The standard InChI is InChI=1S/C8H17N3O/c9-12-8-2-1-5-11-6-3-10-4-7-11/h2,8,10H,1,3-7,9H2. The molecule has 1 saturated heterocycles. The van der Waals surface area contributed by atoms with Gasteiger partial charge in [0.2, 0.25) is 0 Å². The van der Waals surface area contributed by atoms with Gasteiger partial charge in [0.15, 0.2) is 0 Å². The highest BCUT2D eigenvalue weighted by molar-refractivity contribution is 4.76. The fourth-order valence-electron chi connectivity index (χ4n) is 1.32. The van der Waals surface area contributed by atoms with Crippen LogP contribution < -0.4 is 11.2 Å². The topological polar surface area (TPSA) is 50.5 Å². The summed E-state index contributed by atoms with van der Waals surface area (Å²) in [4.78, 5) is 6.75. The molecule has 70 valence electrons. The summed E-state index contributed by atoms with van der Waals surface area (Å²) in [5.74, 6) is 4.84. The van der Waals surface area contributed by atoms with Crippen molar-refractivity contribution in [1.29, 1.82) is 0 Å². The molecule has 0 unspecified atom stereocenters. The highest BCUT2D eigenvalue weighted by Gasteiger charge is 2.06. The van der Waals surface area contributed by atoms with Crippen LogP contribution in [0.15, 0.2) is 12.3 Å². The Kier molecular flexibility index (Phi) is 4.75. The SMILES string of the molecule is NOC=CCCN1CCNCC1. The lowest BCUT2D eigenvalue weighted by atomic mass is 10.3. The smallest absolute Gasteiger partial charge is 0.107 e. The van der Waals surface area contributed by atoms with E-state index >= 15 is 0 Å². The maximum absolute atomic E-state index is 4.84. The summed E-state index contributed by atoms with van der Waals surface area (Å²) in [6.45, 7) is 5.62. The third-order valence-electron chi connectivity index (χ3n) is 2.00. The van der Waals surface area contributed by atoms with Crippen LogP contribution in [0.2, 0.25) is 0 Å². The molecule has 0 saturated carbocycles. The molecule has 0 spiro atoms. The molecule has 4 heteroatoms. The summed E-state index contributed by atoms with van der Waals surface area (Å²) >= 11 is 0. The first-order chi connectivity index (χ1) is 5.93. The van der Waals surface area contributed by atoms with Crippen molar-refractivity contribution in [1.82, 2.24) is 10.2 Å². The van der Waals surface area contributed by atoms with E-state index in [1.165, 1.54) is 6.26 Å². The van der Waals surface area contributed by atoms with Gasteiger partial charge in [-0.25, -0.2) is 0 Å². The van der Waals surface area contributed by atoms with E-state index in [9.17, 15) is 0 Å². The van der Waals surface area contributed by atoms with Crippen molar-refractivity contribution in [2.75, 3.05) is 32.7 Å². The zero-order valence-corrected chi connectivity index (χ0v) is 7.33. The molecule has 0 aromatic heterocycles. The number of nitrogens with one attached hydrogen (secondary N) is 1. The minimum absolute atomic E-state index is 1.01. The average Bonchev–Trinajstić information content (AvgIpc) is 2.14. The van der Waals surface area contributed by atoms with E-state index < -0.39 is 0 Å². The van der Waals surface area contributed by atoms with Crippen molar-refractivity contribution in [3.63, 3.8) is 0 Å². The van der Waals surface area contributed by atoms with Crippen LogP contribution in [0.3, 0.4) is 0 Å². The molecule has 0 aromatic carbocycles.